The molecular formula is C12H12O3S. The fraction of sp³-hybridized carbons (Fsp3) is 0.167. The molecule has 1 aromatic rings. The van der Waals surface area contributed by atoms with Crippen LogP contribution in [0.25, 0.3) is 0 Å². The number of thioether (sulfide) groups is 1. The molecule has 1 aromatic carbocycles. The van der Waals surface area contributed by atoms with Crippen LogP contribution >= 0.6 is 11.8 Å². The molecule has 0 N–H and O–H groups in total. The Labute approximate surface area is 98.5 Å². The first kappa shape index (κ1) is 12.5. The Morgan fingerprint density at radius 1 is 1.25 bits per heavy atom. The van der Waals surface area contributed by atoms with Gasteiger partial charge >= 0.3 is 5.97 Å². The number of hydrogen-bond donors (Lipinski definition) is 0. The van der Waals surface area contributed by atoms with Crippen LogP contribution in [-0.4, -0.2) is 11.1 Å². The van der Waals surface area contributed by atoms with Crippen molar-refractivity contribution in [3.8, 4) is 5.75 Å². The maximum absolute atomic E-state index is 11.3. The number of benzene rings is 1. The lowest BCUT2D eigenvalue weighted by Crippen LogP contribution is -2.08. The minimum absolute atomic E-state index is 0.0566. The van der Waals surface area contributed by atoms with Crippen molar-refractivity contribution in [1.29, 1.82) is 0 Å². The van der Waals surface area contributed by atoms with Crippen molar-refractivity contribution in [3.05, 3.63) is 36.4 Å². The summed E-state index contributed by atoms with van der Waals surface area (Å²) in [6.07, 6.45) is 0. The van der Waals surface area contributed by atoms with Crippen LogP contribution < -0.4 is 4.74 Å². The summed E-state index contributed by atoms with van der Waals surface area (Å²) in [6.45, 7) is 6.53. The Kier molecular flexibility index (Phi) is 4.31. The minimum Gasteiger partial charge on any atom is -0.422 e. The van der Waals surface area contributed by atoms with Crippen LogP contribution in [0.3, 0.4) is 0 Å². The fourth-order valence-corrected chi connectivity index (χ4v) is 1.63. The predicted molar refractivity (Wildman–Crippen MR) is 63.4 cm³/mol. The number of hydrogen-bond acceptors (Lipinski definition) is 4. The molecular weight excluding hydrogens is 224 g/mol. The Morgan fingerprint density at radius 3 is 2.44 bits per heavy atom. The third-order valence-electron chi connectivity index (χ3n) is 1.65. The van der Waals surface area contributed by atoms with E-state index < -0.39 is 5.97 Å². The van der Waals surface area contributed by atoms with Crippen molar-refractivity contribution < 1.29 is 14.3 Å². The van der Waals surface area contributed by atoms with Gasteiger partial charge in [0.1, 0.15) is 5.75 Å². The highest BCUT2D eigenvalue weighted by molar-refractivity contribution is 8.13. The standard InChI is InChI=1S/C12H12O3S/c1-8(2)12(14)15-10-6-4-5-7-11(10)16-9(3)13/h4-7H,1H2,2-3H3. The molecule has 16 heavy (non-hydrogen) atoms. The van der Waals surface area contributed by atoms with E-state index in [4.69, 9.17) is 4.74 Å². The number of para-hydroxylation sites is 1. The van der Waals surface area contributed by atoms with Gasteiger partial charge in [-0.1, -0.05) is 18.7 Å². The van der Waals surface area contributed by atoms with Gasteiger partial charge in [0, 0.05) is 12.5 Å². The third kappa shape index (κ3) is 3.55. The van der Waals surface area contributed by atoms with Gasteiger partial charge in [-0.05, 0) is 30.8 Å². The van der Waals surface area contributed by atoms with Crippen LogP contribution in [0.1, 0.15) is 13.8 Å². The van der Waals surface area contributed by atoms with E-state index in [0.29, 0.717) is 16.2 Å². The van der Waals surface area contributed by atoms with Gasteiger partial charge in [0.15, 0.2) is 5.12 Å². The summed E-state index contributed by atoms with van der Waals surface area (Å²) in [4.78, 5) is 23.0. The van der Waals surface area contributed by atoms with E-state index in [9.17, 15) is 9.59 Å². The van der Waals surface area contributed by atoms with Crippen LogP contribution in [0.4, 0.5) is 0 Å². The van der Waals surface area contributed by atoms with Crippen molar-refractivity contribution in [3.63, 3.8) is 0 Å². The largest absolute Gasteiger partial charge is 0.422 e. The lowest BCUT2D eigenvalue weighted by molar-refractivity contribution is -0.130. The van der Waals surface area contributed by atoms with Crippen molar-refractivity contribution >= 4 is 22.8 Å². The van der Waals surface area contributed by atoms with Gasteiger partial charge in [0.05, 0.1) is 4.90 Å². The maximum atomic E-state index is 11.3. The molecule has 0 saturated heterocycles. The van der Waals surface area contributed by atoms with E-state index in [0.717, 1.165) is 11.8 Å². The zero-order valence-electron chi connectivity index (χ0n) is 9.15. The Bertz CT molecular complexity index is 438. The lowest BCUT2D eigenvalue weighted by atomic mass is 10.3. The second-order valence-electron chi connectivity index (χ2n) is 3.21. The molecule has 0 unspecified atom stereocenters. The van der Waals surface area contributed by atoms with Gasteiger partial charge in [-0.2, -0.15) is 0 Å². The van der Waals surface area contributed by atoms with Crippen LogP contribution in [0, 0.1) is 0 Å². The van der Waals surface area contributed by atoms with Crippen LogP contribution in [-0.2, 0) is 9.59 Å². The van der Waals surface area contributed by atoms with E-state index >= 15 is 0 Å². The molecule has 0 aliphatic rings. The average molecular weight is 236 g/mol. The first-order valence-corrected chi connectivity index (χ1v) is 5.47. The average Bonchev–Trinajstić information content (AvgIpc) is 2.20. The zero-order chi connectivity index (χ0) is 12.1. The highest BCUT2D eigenvalue weighted by atomic mass is 32.2. The molecule has 84 valence electrons. The summed E-state index contributed by atoms with van der Waals surface area (Å²) in [7, 11) is 0. The SMILES string of the molecule is C=C(C)C(=O)Oc1ccccc1SC(C)=O. The molecule has 0 spiro atoms. The van der Waals surface area contributed by atoms with E-state index in [1.807, 2.05) is 0 Å². The van der Waals surface area contributed by atoms with Crippen molar-refractivity contribution in [2.24, 2.45) is 0 Å². The monoisotopic (exact) mass is 236 g/mol. The molecule has 0 atom stereocenters. The normalized spacial score (nSPS) is 9.62. The smallest absolute Gasteiger partial charge is 0.338 e. The number of esters is 1. The third-order valence-corrected chi connectivity index (χ3v) is 2.50. The second kappa shape index (κ2) is 5.51. The molecule has 0 aliphatic carbocycles. The van der Waals surface area contributed by atoms with Gasteiger partial charge in [-0.3, -0.25) is 4.79 Å². The number of rotatable bonds is 3. The van der Waals surface area contributed by atoms with E-state index in [1.165, 1.54) is 6.92 Å². The molecule has 0 bridgehead atoms. The molecule has 0 heterocycles. The quantitative estimate of drug-likeness (QED) is 0.350. The second-order valence-corrected chi connectivity index (χ2v) is 4.43. The molecule has 1 rings (SSSR count). The molecule has 0 saturated carbocycles. The number of carbonyl (C=O) groups is 2. The molecule has 0 fully saturated rings. The van der Waals surface area contributed by atoms with E-state index in [-0.39, 0.29) is 5.12 Å². The summed E-state index contributed by atoms with van der Waals surface area (Å²) in [5, 5.41) is -0.0566. The molecule has 0 amide bonds. The van der Waals surface area contributed by atoms with E-state index in [2.05, 4.69) is 6.58 Å². The predicted octanol–water partition coefficient (Wildman–Crippen LogP) is 2.81. The van der Waals surface area contributed by atoms with E-state index in [1.54, 1.807) is 31.2 Å². The zero-order valence-corrected chi connectivity index (χ0v) is 9.97. The summed E-state index contributed by atoms with van der Waals surface area (Å²) < 4.78 is 5.10. The first-order chi connectivity index (χ1) is 7.50. The summed E-state index contributed by atoms with van der Waals surface area (Å²) in [6, 6.07) is 6.90. The molecule has 0 aromatic heterocycles. The number of ether oxygens (including phenoxy) is 1. The molecule has 0 aliphatic heterocycles. The molecule has 4 heteroatoms. The summed E-state index contributed by atoms with van der Waals surface area (Å²) >= 11 is 1.03. The lowest BCUT2D eigenvalue weighted by Gasteiger charge is -2.07. The minimum atomic E-state index is -0.489. The maximum Gasteiger partial charge on any atom is 0.338 e. The fourth-order valence-electron chi connectivity index (χ4n) is 0.961. The van der Waals surface area contributed by atoms with Crippen molar-refractivity contribution in [2.75, 3.05) is 0 Å². The van der Waals surface area contributed by atoms with Gasteiger partial charge in [0.2, 0.25) is 0 Å². The highest BCUT2D eigenvalue weighted by Crippen LogP contribution is 2.29. The Balaban J connectivity index is 2.90. The summed E-state index contributed by atoms with van der Waals surface area (Å²) in [5.74, 6) is -0.104. The Morgan fingerprint density at radius 2 is 1.88 bits per heavy atom. The first-order valence-electron chi connectivity index (χ1n) is 4.66. The summed E-state index contributed by atoms with van der Waals surface area (Å²) in [5.41, 5.74) is 0.322. The molecule has 3 nitrogen and oxygen atoms in total. The van der Waals surface area contributed by atoms with Gasteiger partial charge in [0.25, 0.3) is 0 Å². The van der Waals surface area contributed by atoms with Crippen LogP contribution in [0.2, 0.25) is 0 Å². The van der Waals surface area contributed by atoms with Crippen molar-refractivity contribution in [1.82, 2.24) is 0 Å². The van der Waals surface area contributed by atoms with Gasteiger partial charge in [-0.25, -0.2) is 4.79 Å². The Hall–Kier alpha value is -1.55. The van der Waals surface area contributed by atoms with Crippen LogP contribution in [0.5, 0.6) is 5.75 Å². The van der Waals surface area contributed by atoms with Crippen molar-refractivity contribution in [2.45, 2.75) is 18.7 Å². The van der Waals surface area contributed by atoms with Crippen LogP contribution in [0.15, 0.2) is 41.3 Å². The topological polar surface area (TPSA) is 43.4 Å². The number of carbonyl (C=O) groups excluding carboxylic acids is 2. The molecule has 0 radical (unpaired) electrons. The van der Waals surface area contributed by atoms with Gasteiger partial charge in [-0.15, -0.1) is 0 Å². The van der Waals surface area contributed by atoms with Gasteiger partial charge < -0.3 is 4.74 Å². The highest BCUT2D eigenvalue weighted by Gasteiger charge is 2.10.